The first-order chi connectivity index (χ1) is 10.4. The fourth-order valence-electron chi connectivity index (χ4n) is 1.61. The van der Waals surface area contributed by atoms with Crippen molar-refractivity contribution in [3.63, 3.8) is 0 Å². The third-order valence-electron chi connectivity index (χ3n) is 2.54. The molecule has 0 saturated heterocycles. The van der Waals surface area contributed by atoms with Gasteiger partial charge in [-0.15, -0.1) is 0 Å². The van der Waals surface area contributed by atoms with E-state index in [1.165, 1.54) is 0 Å². The Balaban J connectivity index is 1.99. The monoisotopic (exact) mass is 294 g/mol. The Bertz CT molecular complexity index is 690. The van der Waals surface area contributed by atoms with Crippen molar-refractivity contribution in [1.29, 1.82) is 0 Å². The van der Waals surface area contributed by atoms with Gasteiger partial charge in [-0.2, -0.15) is 0 Å². The van der Waals surface area contributed by atoms with E-state index in [0.29, 0.717) is 0 Å². The van der Waals surface area contributed by atoms with Gasteiger partial charge in [0.25, 0.3) is 0 Å². The number of hydrogen-bond acceptors (Lipinski definition) is 3. The largest absolute Gasteiger partial charge is 0.414 e. The van der Waals surface area contributed by atoms with E-state index in [1.807, 2.05) is 51.1 Å². The van der Waals surface area contributed by atoms with Crippen LogP contribution < -0.4 is 10.1 Å². The smallest absolute Gasteiger partial charge is 0.391 e. The molecule has 0 fully saturated rings. The van der Waals surface area contributed by atoms with Gasteiger partial charge in [-0.3, -0.25) is 0 Å². The minimum Gasteiger partial charge on any atom is -0.391 e. The number of nitrogens with zero attached hydrogens (tertiary/aromatic N) is 1. The molecular weight excluding hydrogens is 276 g/mol. The molecule has 0 saturated carbocycles. The molecule has 0 atom stereocenters. The van der Waals surface area contributed by atoms with Crippen molar-refractivity contribution in [3.05, 3.63) is 59.8 Å². The van der Waals surface area contributed by atoms with Gasteiger partial charge >= 0.3 is 6.09 Å². The van der Waals surface area contributed by atoms with Crippen molar-refractivity contribution in [3.8, 4) is 17.7 Å². The van der Waals surface area contributed by atoms with E-state index in [0.717, 1.165) is 11.1 Å². The predicted molar refractivity (Wildman–Crippen MR) is 85.6 cm³/mol. The molecule has 1 N–H and O–H groups in total. The fourth-order valence-corrected chi connectivity index (χ4v) is 1.61. The molecule has 4 nitrogen and oxygen atoms in total. The Labute approximate surface area is 130 Å². The van der Waals surface area contributed by atoms with Gasteiger partial charge in [0.15, 0.2) is 0 Å². The number of pyridine rings is 1. The SMILES string of the molecule is CC(C)(C)NC(=O)Oc1ccc(C#Cc2ccccc2)cn1. The predicted octanol–water partition coefficient (Wildman–Crippen LogP) is 3.37. The number of amides is 1. The highest BCUT2D eigenvalue weighted by Gasteiger charge is 2.15. The number of carbonyl (C=O) groups excluding carboxylic acids is 1. The van der Waals surface area contributed by atoms with Gasteiger partial charge in [0, 0.05) is 28.9 Å². The van der Waals surface area contributed by atoms with Crippen LogP contribution in [0.15, 0.2) is 48.7 Å². The highest BCUT2D eigenvalue weighted by molar-refractivity contribution is 5.70. The lowest BCUT2D eigenvalue weighted by Gasteiger charge is -2.19. The molecule has 0 aliphatic heterocycles. The average Bonchev–Trinajstić information content (AvgIpc) is 2.45. The summed E-state index contributed by atoms with van der Waals surface area (Å²) < 4.78 is 5.10. The zero-order valence-electron chi connectivity index (χ0n) is 12.9. The maximum absolute atomic E-state index is 11.6. The number of nitrogens with one attached hydrogen (secondary N) is 1. The van der Waals surface area contributed by atoms with Crippen LogP contribution in [-0.2, 0) is 0 Å². The number of rotatable bonds is 1. The second kappa shape index (κ2) is 6.77. The molecule has 22 heavy (non-hydrogen) atoms. The van der Waals surface area contributed by atoms with E-state index in [1.54, 1.807) is 18.3 Å². The molecule has 0 spiro atoms. The molecule has 2 aromatic rings. The van der Waals surface area contributed by atoms with Crippen LogP contribution in [0.4, 0.5) is 4.79 Å². The van der Waals surface area contributed by atoms with Gasteiger partial charge in [-0.1, -0.05) is 30.0 Å². The third-order valence-corrected chi connectivity index (χ3v) is 2.54. The minimum absolute atomic E-state index is 0.243. The summed E-state index contributed by atoms with van der Waals surface area (Å²) in [5.74, 6) is 6.30. The van der Waals surface area contributed by atoms with Crippen LogP contribution in [0, 0.1) is 11.8 Å². The Hall–Kier alpha value is -2.80. The van der Waals surface area contributed by atoms with Crippen LogP contribution in [0.3, 0.4) is 0 Å². The van der Waals surface area contributed by atoms with Gasteiger partial charge in [0.2, 0.25) is 5.88 Å². The number of hydrogen-bond donors (Lipinski definition) is 1. The number of benzene rings is 1. The summed E-state index contributed by atoms with van der Waals surface area (Å²) in [7, 11) is 0. The number of carbonyl (C=O) groups is 1. The van der Waals surface area contributed by atoms with Crippen LogP contribution in [0.25, 0.3) is 0 Å². The van der Waals surface area contributed by atoms with Crippen molar-refractivity contribution in [2.24, 2.45) is 0 Å². The van der Waals surface area contributed by atoms with Crippen molar-refractivity contribution in [2.75, 3.05) is 0 Å². The first-order valence-corrected chi connectivity index (χ1v) is 6.95. The second-order valence-electron chi connectivity index (χ2n) is 5.77. The third kappa shape index (κ3) is 5.29. The number of aromatic nitrogens is 1. The maximum Gasteiger partial charge on any atom is 0.414 e. The van der Waals surface area contributed by atoms with Crippen LogP contribution in [0.5, 0.6) is 5.88 Å². The summed E-state index contributed by atoms with van der Waals surface area (Å²) in [5.41, 5.74) is 1.35. The molecule has 2 rings (SSSR count). The lowest BCUT2D eigenvalue weighted by Crippen LogP contribution is -2.42. The highest BCUT2D eigenvalue weighted by atomic mass is 16.6. The molecule has 1 heterocycles. The van der Waals surface area contributed by atoms with Gasteiger partial charge < -0.3 is 10.1 Å². The molecule has 0 radical (unpaired) electrons. The fraction of sp³-hybridized carbons (Fsp3) is 0.222. The van der Waals surface area contributed by atoms with Crippen molar-refractivity contribution in [1.82, 2.24) is 10.3 Å². The van der Waals surface area contributed by atoms with Crippen molar-refractivity contribution < 1.29 is 9.53 Å². The molecule has 0 aliphatic carbocycles. The molecule has 0 bridgehead atoms. The summed E-state index contributed by atoms with van der Waals surface area (Å²) in [6, 6.07) is 13.1. The van der Waals surface area contributed by atoms with Crippen LogP contribution in [0.1, 0.15) is 31.9 Å². The first-order valence-electron chi connectivity index (χ1n) is 6.95. The standard InChI is InChI=1S/C18H18N2O2/c1-18(2,3)20-17(21)22-16-12-11-15(13-19-16)10-9-14-7-5-4-6-8-14/h4-8,11-13H,1-3H3,(H,20,21). The molecule has 1 aromatic carbocycles. The van der Waals surface area contributed by atoms with E-state index >= 15 is 0 Å². The Morgan fingerprint density at radius 1 is 1.05 bits per heavy atom. The lowest BCUT2D eigenvalue weighted by molar-refractivity contribution is 0.189. The van der Waals surface area contributed by atoms with E-state index in [9.17, 15) is 4.79 Å². The topological polar surface area (TPSA) is 51.2 Å². The zero-order valence-corrected chi connectivity index (χ0v) is 12.9. The molecule has 4 heteroatoms. The van der Waals surface area contributed by atoms with Gasteiger partial charge in [0.1, 0.15) is 0 Å². The molecule has 1 aromatic heterocycles. The maximum atomic E-state index is 11.6. The lowest BCUT2D eigenvalue weighted by atomic mass is 10.1. The van der Waals surface area contributed by atoms with Crippen molar-refractivity contribution in [2.45, 2.75) is 26.3 Å². The average molecular weight is 294 g/mol. The molecule has 0 unspecified atom stereocenters. The zero-order chi connectivity index (χ0) is 16.0. The van der Waals surface area contributed by atoms with E-state index in [-0.39, 0.29) is 11.4 Å². The molecule has 0 aliphatic rings. The minimum atomic E-state index is -0.525. The summed E-state index contributed by atoms with van der Waals surface area (Å²) in [6.07, 6.45) is 1.05. The summed E-state index contributed by atoms with van der Waals surface area (Å²) in [5, 5.41) is 2.70. The summed E-state index contributed by atoms with van der Waals surface area (Å²) in [4.78, 5) is 15.7. The summed E-state index contributed by atoms with van der Waals surface area (Å²) in [6.45, 7) is 5.64. The first kappa shape index (κ1) is 15.6. The van der Waals surface area contributed by atoms with E-state index in [2.05, 4.69) is 22.1 Å². The second-order valence-corrected chi connectivity index (χ2v) is 5.77. The Morgan fingerprint density at radius 3 is 2.32 bits per heavy atom. The number of ether oxygens (including phenoxy) is 1. The van der Waals surface area contributed by atoms with Crippen LogP contribution >= 0.6 is 0 Å². The van der Waals surface area contributed by atoms with Crippen LogP contribution in [-0.4, -0.2) is 16.6 Å². The Morgan fingerprint density at radius 2 is 1.73 bits per heavy atom. The normalized spacial score (nSPS) is 10.3. The van der Waals surface area contributed by atoms with Gasteiger partial charge in [0.05, 0.1) is 0 Å². The van der Waals surface area contributed by atoms with Crippen LogP contribution in [0.2, 0.25) is 0 Å². The quantitative estimate of drug-likeness (QED) is 0.820. The Kier molecular flexibility index (Phi) is 4.80. The molecule has 1 amide bonds. The molecular formula is C18H18N2O2. The van der Waals surface area contributed by atoms with Crippen molar-refractivity contribution >= 4 is 6.09 Å². The van der Waals surface area contributed by atoms with Gasteiger partial charge in [-0.25, -0.2) is 9.78 Å². The van der Waals surface area contributed by atoms with E-state index in [4.69, 9.17) is 4.74 Å². The summed E-state index contributed by atoms with van der Waals surface area (Å²) >= 11 is 0. The highest BCUT2D eigenvalue weighted by Crippen LogP contribution is 2.08. The van der Waals surface area contributed by atoms with Gasteiger partial charge in [-0.05, 0) is 39.0 Å². The van der Waals surface area contributed by atoms with E-state index < -0.39 is 6.09 Å². The molecule has 112 valence electrons.